The van der Waals surface area contributed by atoms with Crippen molar-refractivity contribution in [2.45, 2.75) is 0 Å². The molecule has 0 amide bonds. The molecule has 9 nitrogen and oxygen atoms in total. The Morgan fingerprint density at radius 2 is 1.81 bits per heavy atom. The van der Waals surface area contributed by atoms with Crippen molar-refractivity contribution in [2.24, 2.45) is 0 Å². The Morgan fingerprint density at radius 1 is 1.00 bits per heavy atom. The Kier molecular flexibility index (Phi) is 3.69. The van der Waals surface area contributed by atoms with Gasteiger partial charge in [0.15, 0.2) is 5.75 Å². The van der Waals surface area contributed by atoms with Gasteiger partial charge in [0.25, 0.3) is 5.69 Å². The highest BCUT2D eigenvalue weighted by molar-refractivity contribution is 6.11. The van der Waals surface area contributed by atoms with Crippen LogP contribution in [0.2, 0.25) is 0 Å². The molecule has 1 N–H and O–H groups in total. The second kappa shape index (κ2) is 6.06. The normalized spacial score (nSPS) is 11.0. The summed E-state index contributed by atoms with van der Waals surface area (Å²) in [5, 5.41) is 23.8. The highest BCUT2D eigenvalue weighted by Gasteiger charge is 2.19. The van der Waals surface area contributed by atoms with Gasteiger partial charge in [-0.1, -0.05) is 0 Å². The Balaban J connectivity index is 1.98. The van der Waals surface area contributed by atoms with E-state index in [-0.39, 0.29) is 17.1 Å². The number of nitrogens with one attached hydrogen (secondary N) is 1. The number of nitrogens with zero attached hydrogens (tertiary/aromatic N) is 3. The predicted molar refractivity (Wildman–Crippen MR) is 98.9 cm³/mol. The molecule has 0 bridgehead atoms. The van der Waals surface area contributed by atoms with Gasteiger partial charge < -0.3 is 9.72 Å². The van der Waals surface area contributed by atoms with Crippen LogP contribution in [0.3, 0.4) is 0 Å². The van der Waals surface area contributed by atoms with Gasteiger partial charge in [-0.15, -0.1) is 0 Å². The van der Waals surface area contributed by atoms with Gasteiger partial charge in [0.1, 0.15) is 0 Å². The molecule has 0 aliphatic carbocycles. The number of hydrogen-bond donors (Lipinski definition) is 1. The minimum Gasteiger partial charge on any atom is -0.490 e. The number of methoxy groups -OCH3 is 1. The molecule has 2 aromatic heterocycles. The number of fused-ring (bicyclic) bond motifs is 3. The van der Waals surface area contributed by atoms with Crippen LogP contribution in [-0.2, 0) is 0 Å². The Bertz CT molecular complexity index is 1230. The molecule has 0 radical (unpaired) electrons. The van der Waals surface area contributed by atoms with E-state index in [1.54, 1.807) is 24.4 Å². The van der Waals surface area contributed by atoms with E-state index >= 15 is 0 Å². The first-order valence-electron chi connectivity index (χ1n) is 7.87. The molecule has 0 aliphatic rings. The summed E-state index contributed by atoms with van der Waals surface area (Å²) in [6.45, 7) is 0. The summed E-state index contributed by atoms with van der Waals surface area (Å²) in [4.78, 5) is 29.0. The summed E-state index contributed by atoms with van der Waals surface area (Å²) < 4.78 is 5.03. The Morgan fingerprint density at radius 3 is 2.52 bits per heavy atom. The first kappa shape index (κ1) is 16.5. The number of nitro benzene ring substituents is 2. The predicted octanol–water partition coefficient (Wildman–Crippen LogP) is 4.21. The van der Waals surface area contributed by atoms with Crippen molar-refractivity contribution in [3.05, 3.63) is 68.9 Å². The lowest BCUT2D eigenvalue weighted by atomic mass is 10.1. The van der Waals surface area contributed by atoms with E-state index in [0.717, 1.165) is 5.39 Å². The zero-order valence-corrected chi connectivity index (χ0v) is 14.0. The van der Waals surface area contributed by atoms with Crippen molar-refractivity contribution in [1.82, 2.24) is 9.97 Å². The molecule has 9 heteroatoms. The van der Waals surface area contributed by atoms with E-state index in [9.17, 15) is 20.2 Å². The SMILES string of the molecule is COc1ccc(-c2nccc3c2[nH]c2ccc([N+](=O)[O-])cc23)cc1[N+](=O)[O-]. The van der Waals surface area contributed by atoms with Gasteiger partial charge in [-0.25, -0.2) is 0 Å². The average molecular weight is 364 g/mol. The first-order chi connectivity index (χ1) is 13.0. The summed E-state index contributed by atoms with van der Waals surface area (Å²) in [5.74, 6) is 0.156. The van der Waals surface area contributed by atoms with Crippen LogP contribution in [0.15, 0.2) is 48.7 Å². The minimum absolute atomic E-state index is 0.0122. The van der Waals surface area contributed by atoms with Gasteiger partial charge in [0, 0.05) is 46.2 Å². The molecule has 4 rings (SSSR count). The first-order valence-corrected chi connectivity index (χ1v) is 7.87. The van der Waals surface area contributed by atoms with E-state index in [1.165, 1.54) is 31.4 Å². The summed E-state index contributed by atoms with van der Waals surface area (Å²) in [5.41, 5.74) is 2.23. The number of rotatable bonds is 4. The average Bonchev–Trinajstić information content (AvgIpc) is 3.05. The van der Waals surface area contributed by atoms with Crippen molar-refractivity contribution in [1.29, 1.82) is 0 Å². The number of aromatic amines is 1. The van der Waals surface area contributed by atoms with E-state index in [4.69, 9.17) is 4.74 Å². The lowest BCUT2D eigenvalue weighted by molar-refractivity contribution is -0.385. The van der Waals surface area contributed by atoms with Crippen molar-refractivity contribution in [3.8, 4) is 17.0 Å². The summed E-state index contributed by atoms with van der Waals surface area (Å²) in [6.07, 6.45) is 1.57. The summed E-state index contributed by atoms with van der Waals surface area (Å²) >= 11 is 0. The zero-order valence-electron chi connectivity index (χ0n) is 14.0. The van der Waals surface area contributed by atoms with Crippen molar-refractivity contribution in [2.75, 3.05) is 7.11 Å². The lowest BCUT2D eigenvalue weighted by Gasteiger charge is -2.06. The van der Waals surface area contributed by atoms with Gasteiger partial charge in [-0.2, -0.15) is 0 Å². The lowest BCUT2D eigenvalue weighted by Crippen LogP contribution is -1.95. The number of H-pyrrole nitrogens is 1. The van der Waals surface area contributed by atoms with Gasteiger partial charge in [0.05, 0.1) is 28.2 Å². The van der Waals surface area contributed by atoms with Crippen LogP contribution in [0.4, 0.5) is 11.4 Å². The molecule has 2 heterocycles. The van der Waals surface area contributed by atoms with Crippen LogP contribution in [0.1, 0.15) is 0 Å². The maximum atomic E-state index is 11.3. The topological polar surface area (TPSA) is 124 Å². The number of benzene rings is 2. The fraction of sp³-hybridized carbons (Fsp3) is 0.0556. The van der Waals surface area contributed by atoms with Gasteiger partial charge >= 0.3 is 5.69 Å². The Labute approximate surface area is 151 Å². The molecule has 4 aromatic rings. The third-order valence-electron chi connectivity index (χ3n) is 4.36. The Hall–Kier alpha value is -4.01. The van der Waals surface area contributed by atoms with Crippen LogP contribution in [0.25, 0.3) is 33.1 Å². The summed E-state index contributed by atoms with van der Waals surface area (Å²) in [6, 6.07) is 10.9. The fourth-order valence-corrected chi connectivity index (χ4v) is 3.12. The van der Waals surface area contributed by atoms with E-state index in [1.807, 2.05) is 0 Å². The van der Waals surface area contributed by atoms with Gasteiger partial charge in [-0.05, 0) is 24.3 Å². The van der Waals surface area contributed by atoms with Crippen LogP contribution < -0.4 is 4.74 Å². The molecule has 2 aromatic carbocycles. The fourth-order valence-electron chi connectivity index (χ4n) is 3.12. The van der Waals surface area contributed by atoms with Crippen molar-refractivity contribution < 1.29 is 14.6 Å². The van der Waals surface area contributed by atoms with Crippen LogP contribution in [0.5, 0.6) is 5.75 Å². The van der Waals surface area contributed by atoms with Crippen LogP contribution >= 0.6 is 0 Å². The zero-order chi connectivity index (χ0) is 19.1. The molecule has 0 saturated carbocycles. The van der Waals surface area contributed by atoms with Crippen LogP contribution in [0, 0.1) is 20.2 Å². The second-order valence-corrected chi connectivity index (χ2v) is 5.84. The molecule has 0 aliphatic heterocycles. The molecule has 0 fully saturated rings. The molecule has 134 valence electrons. The summed E-state index contributed by atoms with van der Waals surface area (Å²) in [7, 11) is 1.37. The maximum absolute atomic E-state index is 11.3. The number of nitro groups is 2. The van der Waals surface area contributed by atoms with E-state index < -0.39 is 9.85 Å². The molecule has 0 unspecified atom stereocenters. The second-order valence-electron chi connectivity index (χ2n) is 5.84. The van der Waals surface area contributed by atoms with Gasteiger partial charge in [-0.3, -0.25) is 25.2 Å². The highest BCUT2D eigenvalue weighted by Crippen LogP contribution is 2.36. The monoisotopic (exact) mass is 364 g/mol. The number of ether oxygens (including phenoxy) is 1. The molecule has 27 heavy (non-hydrogen) atoms. The van der Waals surface area contributed by atoms with E-state index in [0.29, 0.717) is 27.7 Å². The smallest absolute Gasteiger partial charge is 0.311 e. The van der Waals surface area contributed by atoms with Crippen molar-refractivity contribution in [3.63, 3.8) is 0 Å². The van der Waals surface area contributed by atoms with Crippen LogP contribution in [-0.4, -0.2) is 26.9 Å². The molecule has 0 saturated heterocycles. The standard InChI is InChI=1S/C18H12N4O5/c1-27-16-5-2-10(8-15(16)22(25)26)17-18-12(6-7-19-17)13-9-11(21(23)24)3-4-14(13)20-18/h2-9,20H,1H3. The largest absolute Gasteiger partial charge is 0.490 e. The van der Waals surface area contributed by atoms with Gasteiger partial charge in [0.2, 0.25) is 0 Å². The highest BCUT2D eigenvalue weighted by atomic mass is 16.6. The van der Waals surface area contributed by atoms with E-state index in [2.05, 4.69) is 9.97 Å². The molecule has 0 atom stereocenters. The quantitative estimate of drug-likeness (QED) is 0.427. The minimum atomic E-state index is -0.517. The number of pyridine rings is 1. The number of aromatic nitrogens is 2. The molecular formula is C18H12N4O5. The third kappa shape index (κ3) is 2.61. The third-order valence-corrected chi connectivity index (χ3v) is 4.36. The molecule has 0 spiro atoms. The molecular weight excluding hydrogens is 352 g/mol. The number of hydrogen-bond acceptors (Lipinski definition) is 6. The maximum Gasteiger partial charge on any atom is 0.311 e. The van der Waals surface area contributed by atoms with Crippen molar-refractivity contribution >= 4 is 33.2 Å². The number of non-ortho nitro benzene ring substituents is 1.